The predicted octanol–water partition coefficient (Wildman–Crippen LogP) is 3.19. The zero-order valence-corrected chi connectivity index (χ0v) is 12.3. The fourth-order valence-corrected chi connectivity index (χ4v) is 3.82. The van der Waals surface area contributed by atoms with Crippen LogP contribution >= 0.6 is 11.3 Å². The fourth-order valence-electron chi connectivity index (χ4n) is 2.86. The second kappa shape index (κ2) is 5.32. The second-order valence-electron chi connectivity index (χ2n) is 5.96. The summed E-state index contributed by atoms with van der Waals surface area (Å²) in [6, 6.07) is 6.02. The maximum Gasteiger partial charge on any atom is 0.0413 e. The molecule has 1 aliphatic heterocycles. The summed E-state index contributed by atoms with van der Waals surface area (Å²) >= 11 is 1.95. The molecule has 0 bridgehead atoms. The van der Waals surface area contributed by atoms with Gasteiger partial charge in [0.2, 0.25) is 0 Å². The molecule has 18 heavy (non-hydrogen) atoms. The van der Waals surface area contributed by atoms with Gasteiger partial charge in [-0.05, 0) is 64.3 Å². The molecule has 2 heterocycles. The van der Waals surface area contributed by atoms with Crippen LogP contribution in [0.15, 0.2) is 12.1 Å². The van der Waals surface area contributed by atoms with E-state index >= 15 is 0 Å². The van der Waals surface area contributed by atoms with Crippen molar-refractivity contribution in [1.82, 2.24) is 10.2 Å². The zero-order chi connectivity index (χ0) is 12.5. The minimum Gasteiger partial charge on any atom is -0.314 e. The molecule has 3 heteroatoms. The predicted molar refractivity (Wildman–Crippen MR) is 78.2 cm³/mol. The van der Waals surface area contributed by atoms with Crippen molar-refractivity contribution in [2.75, 3.05) is 19.6 Å². The third-order valence-electron chi connectivity index (χ3n) is 4.31. The molecule has 2 unspecified atom stereocenters. The number of hydrogen-bond acceptors (Lipinski definition) is 3. The minimum absolute atomic E-state index is 0.606. The van der Waals surface area contributed by atoms with Crippen LogP contribution in [0.25, 0.3) is 0 Å². The summed E-state index contributed by atoms with van der Waals surface area (Å²) in [6.07, 6.45) is 4.18. The molecule has 0 amide bonds. The van der Waals surface area contributed by atoms with Gasteiger partial charge in [-0.15, -0.1) is 11.3 Å². The van der Waals surface area contributed by atoms with Gasteiger partial charge >= 0.3 is 0 Å². The first-order valence-corrected chi connectivity index (χ1v) is 8.08. The molecule has 2 atom stereocenters. The lowest BCUT2D eigenvalue weighted by Crippen LogP contribution is -2.28. The fraction of sp³-hybridized carbons (Fsp3) is 0.733. The first-order chi connectivity index (χ1) is 8.72. The molecule has 2 aliphatic rings. The van der Waals surface area contributed by atoms with Crippen LogP contribution in [-0.4, -0.2) is 30.6 Å². The van der Waals surface area contributed by atoms with E-state index in [1.165, 1.54) is 48.7 Å². The average molecular weight is 264 g/mol. The molecule has 0 spiro atoms. The molecule has 1 saturated heterocycles. The number of nitrogens with one attached hydrogen (secondary N) is 1. The van der Waals surface area contributed by atoms with Crippen molar-refractivity contribution in [3.05, 3.63) is 21.9 Å². The van der Waals surface area contributed by atoms with Gasteiger partial charge in [-0.1, -0.05) is 0 Å². The number of hydrogen-bond donors (Lipinski definition) is 1. The molecule has 0 radical (unpaired) electrons. The van der Waals surface area contributed by atoms with Crippen molar-refractivity contribution in [2.24, 2.45) is 5.92 Å². The van der Waals surface area contributed by atoms with Gasteiger partial charge < -0.3 is 5.32 Å². The number of thiophene rings is 1. The van der Waals surface area contributed by atoms with Crippen LogP contribution < -0.4 is 5.32 Å². The molecular weight excluding hydrogens is 240 g/mol. The van der Waals surface area contributed by atoms with Crippen molar-refractivity contribution >= 4 is 11.3 Å². The molecule has 3 rings (SSSR count). The number of likely N-dealkylation sites (tertiary alicyclic amines) is 1. The largest absolute Gasteiger partial charge is 0.314 e. The third kappa shape index (κ3) is 2.95. The summed E-state index contributed by atoms with van der Waals surface area (Å²) in [5.41, 5.74) is 0. The number of aryl methyl sites for hydroxylation is 1. The standard InChI is InChI=1S/C15H24N2S/c1-11-3-6-15(18-11)12(2)17-8-7-13(10-17)9-16-14-4-5-14/h3,6,12-14,16H,4-5,7-10H2,1-2H3. The Kier molecular flexibility index (Phi) is 3.73. The highest BCUT2D eigenvalue weighted by Crippen LogP contribution is 2.31. The van der Waals surface area contributed by atoms with E-state index in [2.05, 4.69) is 36.2 Å². The lowest BCUT2D eigenvalue weighted by atomic mass is 10.1. The van der Waals surface area contributed by atoms with Crippen molar-refractivity contribution in [2.45, 2.75) is 45.2 Å². The Morgan fingerprint density at radius 3 is 2.89 bits per heavy atom. The van der Waals surface area contributed by atoms with E-state index in [9.17, 15) is 0 Å². The second-order valence-corrected chi connectivity index (χ2v) is 7.28. The van der Waals surface area contributed by atoms with Crippen LogP contribution in [0.3, 0.4) is 0 Å². The Hall–Kier alpha value is -0.380. The maximum atomic E-state index is 3.68. The molecule has 1 aromatic rings. The van der Waals surface area contributed by atoms with Crippen LogP contribution in [0.1, 0.15) is 42.0 Å². The summed E-state index contributed by atoms with van der Waals surface area (Å²) in [5.74, 6) is 0.870. The normalized spacial score (nSPS) is 26.7. The Balaban J connectivity index is 1.51. The van der Waals surface area contributed by atoms with Gasteiger partial charge in [-0.2, -0.15) is 0 Å². The summed E-state index contributed by atoms with van der Waals surface area (Å²) in [4.78, 5) is 5.62. The summed E-state index contributed by atoms with van der Waals surface area (Å²) in [5, 5.41) is 3.68. The zero-order valence-electron chi connectivity index (χ0n) is 11.5. The van der Waals surface area contributed by atoms with E-state index < -0.39 is 0 Å². The van der Waals surface area contributed by atoms with Crippen molar-refractivity contribution < 1.29 is 0 Å². The Bertz CT molecular complexity index is 397. The summed E-state index contributed by atoms with van der Waals surface area (Å²) in [6.45, 7) is 8.35. The van der Waals surface area contributed by atoms with Gasteiger partial charge in [-0.3, -0.25) is 4.90 Å². The Morgan fingerprint density at radius 1 is 1.39 bits per heavy atom. The molecule has 2 nitrogen and oxygen atoms in total. The maximum absolute atomic E-state index is 3.68. The molecule has 2 fully saturated rings. The van der Waals surface area contributed by atoms with E-state index in [0.29, 0.717) is 6.04 Å². The average Bonchev–Trinajstić information content (AvgIpc) is 2.90. The van der Waals surface area contributed by atoms with Gasteiger partial charge in [0.15, 0.2) is 0 Å². The van der Waals surface area contributed by atoms with Crippen LogP contribution in [0, 0.1) is 12.8 Å². The minimum atomic E-state index is 0.606. The highest BCUT2D eigenvalue weighted by Gasteiger charge is 2.29. The van der Waals surface area contributed by atoms with Crippen LogP contribution in [-0.2, 0) is 0 Å². The van der Waals surface area contributed by atoms with E-state index in [1.807, 2.05) is 11.3 Å². The van der Waals surface area contributed by atoms with Gasteiger partial charge in [-0.25, -0.2) is 0 Å². The summed E-state index contributed by atoms with van der Waals surface area (Å²) < 4.78 is 0. The molecule has 100 valence electrons. The molecule has 1 aliphatic carbocycles. The first-order valence-electron chi connectivity index (χ1n) is 7.26. The smallest absolute Gasteiger partial charge is 0.0413 e. The molecule has 1 N–H and O–H groups in total. The number of nitrogens with zero attached hydrogens (tertiary/aromatic N) is 1. The Labute approximate surface area is 114 Å². The topological polar surface area (TPSA) is 15.3 Å². The monoisotopic (exact) mass is 264 g/mol. The van der Waals surface area contributed by atoms with Gasteiger partial charge in [0.05, 0.1) is 0 Å². The van der Waals surface area contributed by atoms with Gasteiger partial charge in [0.25, 0.3) is 0 Å². The molecule has 1 aromatic heterocycles. The third-order valence-corrected chi connectivity index (χ3v) is 5.48. The number of rotatable bonds is 5. The van der Waals surface area contributed by atoms with Crippen LogP contribution in [0.2, 0.25) is 0 Å². The summed E-state index contributed by atoms with van der Waals surface area (Å²) in [7, 11) is 0. The van der Waals surface area contributed by atoms with Crippen LogP contribution in [0.5, 0.6) is 0 Å². The van der Waals surface area contributed by atoms with E-state index in [4.69, 9.17) is 0 Å². The van der Waals surface area contributed by atoms with Crippen LogP contribution in [0.4, 0.5) is 0 Å². The van der Waals surface area contributed by atoms with Gasteiger partial charge in [0, 0.05) is 28.4 Å². The van der Waals surface area contributed by atoms with Crippen molar-refractivity contribution in [3.8, 4) is 0 Å². The highest BCUT2D eigenvalue weighted by atomic mass is 32.1. The van der Waals surface area contributed by atoms with E-state index in [1.54, 1.807) is 0 Å². The SMILES string of the molecule is Cc1ccc(C(C)N2CCC(CNC3CC3)C2)s1. The van der Waals surface area contributed by atoms with E-state index in [-0.39, 0.29) is 0 Å². The lowest BCUT2D eigenvalue weighted by molar-refractivity contribution is 0.255. The van der Waals surface area contributed by atoms with Crippen molar-refractivity contribution in [1.29, 1.82) is 0 Å². The molecule has 0 aromatic carbocycles. The Morgan fingerprint density at radius 2 is 2.22 bits per heavy atom. The molecule has 1 saturated carbocycles. The quantitative estimate of drug-likeness (QED) is 0.878. The first kappa shape index (κ1) is 12.6. The lowest BCUT2D eigenvalue weighted by Gasteiger charge is -2.23. The van der Waals surface area contributed by atoms with Crippen molar-refractivity contribution in [3.63, 3.8) is 0 Å². The van der Waals surface area contributed by atoms with E-state index in [0.717, 1.165) is 12.0 Å². The molecular formula is C15H24N2S. The highest BCUT2D eigenvalue weighted by molar-refractivity contribution is 7.12. The van der Waals surface area contributed by atoms with Gasteiger partial charge in [0.1, 0.15) is 0 Å².